The molecule has 5 heterocycles. The topological polar surface area (TPSA) is 121 Å². The van der Waals surface area contributed by atoms with Crippen molar-refractivity contribution in [3.8, 4) is 39.8 Å². The molecule has 0 spiro atoms. The van der Waals surface area contributed by atoms with Crippen molar-refractivity contribution in [3.63, 3.8) is 0 Å². The van der Waals surface area contributed by atoms with Crippen LogP contribution in [-0.4, -0.2) is 73.3 Å². The summed E-state index contributed by atoms with van der Waals surface area (Å²) < 4.78 is 20.9. The van der Waals surface area contributed by atoms with Crippen LogP contribution in [0.3, 0.4) is 0 Å². The van der Waals surface area contributed by atoms with E-state index in [2.05, 4.69) is 40.3 Å². The third-order valence-corrected chi connectivity index (χ3v) is 8.00. The number of halogens is 1. The van der Waals surface area contributed by atoms with Crippen molar-refractivity contribution in [1.29, 1.82) is 0 Å². The molecule has 1 aliphatic rings. The van der Waals surface area contributed by atoms with Crippen LogP contribution in [0.5, 0.6) is 5.75 Å². The molecule has 0 atom stereocenters. The fraction of sp³-hybridized carbons (Fsp3) is 0.303. The summed E-state index contributed by atoms with van der Waals surface area (Å²) in [6.07, 6.45) is 13.1. The van der Waals surface area contributed by atoms with Gasteiger partial charge in [-0.25, -0.2) is 9.37 Å². The van der Waals surface area contributed by atoms with Crippen molar-refractivity contribution in [2.75, 3.05) is 32.5 Å². The SMILES string of the molecule is CN(C)CCNc1cc(F)cc(-c2nccc3[nH]c(-c4n[nH]c5cnc(-c6cncc(OC7CCCCC7)c6)cc45)nc23)c1. The van der Waals surface area contributed by atoms with Crippen LogP contribution in [0.4, 0.5) is 10.1 Å². The molecule has 0 radical (unpaired) electrons. The largest absolute Gasteiger partial charge is 0.489 e. The van der Waals surface area contributed by atoms with Gasteiger partial charge in [0.15, 0.2) is 5.82 Å². The molecular weight excluding hydrogens is 557 g/mol. The molecule has 1 saturated carbocycles. The lowest BCUT2D eigenvalue weighted by molar-refractivity contribution is 0.154. The van der Waals surface area contributed by atoms with Gasteiger partial charge < -0.3 is 19.9 Å². The van der Waals surface area contributed by atoms with Crippen LogP contribution in [0.1, 0.15) is 32.1 Å². The molecule has 7 rings (SSSR count). The number of imidazole rings is 1. The van der Waals surface area contributed by atoms with Crippen molar-refractivity contribution in [2.24, 2.45) is 0 Å². The zero-order valence-electron chi connectivity index (χ0n) is 24.8. The van der Waals surface area contributed by atoms with Gasteiger partial charge in [0.25, 0.3) is 0 Å². The molecule has 0 aliphatic heterocycles. The van der Waals surface area contributed by atoms with E-state index < -0.39 is 0 Å². The Hall–Kier alpha value is -4.90. The maximum atomic E-state index is 14.7. The number of nitrogens with one attached hydrogen (secondary N) is 3. The fourth-order valence-corrected chi connectivity index (χ4v) is 5.76. The molecule has 1 fully saturated rings. The predicted molar refractivity (Wildman–Crippen MR) is 170 cm³/mol. The number of nitrogens with zero attached hydrogens (tertiary/aromatic N) is 6. The molecule has 224 valence electrons. The van der Waals surface area contributed by atoms with Crippen molar-refractivity contribution in [2.45, 2.75) is 38.2 Å². The van der Waals surface area contributed by atoms with Gasteiger partial charge in [0, 0.05) is 47.7 Å². The molecule has 5 aromatic heterocycles. The number of benzene rings is 1. The summed E-state index contributed by atoms with van der Waals surface area (Å²) in [5.41, 5.74) is 6.39. The summed E-state index contributed by atoms with van der Waals surface area (Å²) in [7, 11) is 4.00. The van der Waals surface area contributed by atoms with Crippen LogP contribution in [0.15, 0.2) is 61.2 Å². The van der Waals surface area contributed by atoms with Crippen LogP contribution in [0, 0.1) is 5.82 Å². The van der Waals surface area contributed by atoms with E-state index >= 15 is 0 Å². The highest BCUT2D eigenvalue weighted by molar-refractivity contribution is 5.97. The number of pyridine rings is 3. The number of ether oxygens (including phenoxy) is 1. The lowest BCUT2D eigenvalue weighted by atomic mass is 9.98. The van der Waals surface area contributed by atoms with Crippen molar-refractivity contribution in [3.05, 3.63) is 67.0 Å². The van der Waals surface area contributed by atoms with Gasteiger partial charge in [0.05, 0.1) is 40.9 Å². The van der Waals surface area contributed by atoms with E-state index in [-0.39, 0.29) is 11.9 Å². The molecule has 10 nitrogen and oxygen atoms in total. The molecule has 1 aliphatic carbocycles. The summed E-state index contributed by atoms with van der Waals surface area (Å²) in [5.74, 6) is 0.991. The zero-order valence-corrected chi connectivity index (χ0v) is 24.8. The van der Waals surface area contributed by atoms with E-state index in [1.54, 1.807) is 24.8 Å². The van der Waals surface area contributed by atoms with Crippen LogP contribution in [0.2, 0.25) is 0 Å². The molecule has 1 aromatic carbocycles. The third kappa shape index (κ3) is 5.83. The van der Waals surface area contributed by atoms with Crippen LogP contribution in [0.25, 0.3) is 56.0 Å². The Bertz CT molecular complexity index is 1930. The molecule has 0 amide bonds. The lowest BCUT2D eigenvalue weighted by Crippen LogP contribution is -2.20. The minimum atomic E-state index is -0.342. The van der Waals surface area contributed by atoms with Gasteiger partial charge in [-0.2, -0.15) is 5.10 Å². The van der Waals surface area contributed by atoms with Gasteiger partial charge >= 0.3 is 0 Å². The number of hydrogen-bond donors (Lipinski definition) is 3. The van der Waals surface area contributed by atoms with E-state index in [9.17, 15) is 4.39 Å². The summed E-state index contributed by atoms with van der Waals surface area (Å²) in [4.78, 5) is 24.0. The minimum absolute atomic E-state index is 0.238. The lowest BCUT2D eigenvalue weighted by Gasteiger charge is -2.22. The Morgan fingerprint density at radius 2 is 1.84 bits per heavy atom. The van der Waals surface area contributed by atoms with Gasteiger partial charge in [0.1, 0.15) is 22.8 Å². The average molecular weight is 592 g/mol. The zero-order chi connectivity index (χ0) is 30.0. The first kappa shape index (κ1) is 27.9. The molecule has 0 bridgehead atoms. The Labute approximate surface area is 254 Å². The van der Waals surface area contributed by atoms with Gasteiger partial charge in [-0.3, -0.25) is 20.1 Å². The van der Waals surface area contributed by atoms with Gasteiger partial charge in [-0.1, -0.05) is 6.42 Å². The maximum Gasteiger partial charge on any atom is 0.159 e. The number of fused-ring (bicyclic) bond motifs is 2. The number of rotatable bonds is 9. The van der Waals surface area contributed by atoms with Crippen LogP contribution < -0.4 is 10.1 Å². The Kier molecular flexibility index (Phi) is 7.61. The molecule has 44 heavy (non-hydrogen) atoms. The molecular formula is C33H34FN9O. The second-order valence-corrected chi connectivity index (χ2v) is 11.6. The van der Waals surface area contributed by atoms with Crippen molar-refractivity contribution < 1.29 is 9.13 Å². The van der Waals surface area contributed by atoms with E-state index in [1.807, 2.05) is 38.4 Å². The van der Waals surface area contributed by atoms with Crippen LogP contribution >= 0.6 is 0 Å². The van der Waals surface area contributed by atoms with E-state index in [0.29, 0.717) is 40.5 Å². The first-order valence-corrected chi connectivity index (χ1v) is 15.0. The maximum absolute atomic E-state index is 14.7. The number of H-pyrrole nitrogens is 2. The smallest absolute Gasteiger partial charge is 0.159 e. The summed E-state index contributed by atoms with van der Waals surface area (Å²) >= 11 is 0. The van der Waals surface area contributed by atoms with E-state index in [4.69, 9.17) is 9.72 Å². The highest BCUT2D eigenvalue weighted by Gasteiger charge is 2.19. The highest BCUT2D eigenvalue weighted by Crippen LogP contribution is 2.33. The second kappa shape index (κ2) is 12.0. The Morgan fingerprint density at radius 3 is 2.70 bits per heavy atom. The number of aromatic nitrogens is 7. The molecule has 11 heteroatoms. The van der Waals surface area contributed by atoms with E-state index in [1.165, 1.54) is 31.4 Å². The van der Waals surface area contributed by atoms with Gasteiger partial charge in [0.2, 0.25) is 0 Å². The Balaban J connectivity index is 1.21. The number of hydrogen-bond acceptors (Lipinski definition) is 8. The summed E-state index contributed by atoms with van der Waals surface area (Å²) in [6.45, 7) is 1.52. The predicted octanol–water partition coefficient (Wildman–Crippen LogP) is 6.45. The highest BCUT2D eigenvalue weighted by atomic mass is 19.1. The van der Waals surface area contributed by atoms with Crippen molar-refractivity contribution in [1.82, 2.24) is 40.0 Å². The first-order chi connectivity index (χ1) is 21.5. The van der Waals surface area contributed by atoms with E-state index in [0.717, 1.165) is 52.8 Å². The monoisotopic (exact) mass is 591 g/mol. The Morgan fingerprint density at radius 1 is 0.955 bits per heavy atom. The average Bonchev–Trinajstić information content (AvgIpc) is 3.65. The van der Waals surface area contributed by atoms with Gasteiger partial charge in [-0.05, 0) is 76.2 Å². The summed E-state index contributed by atoms with van der Waals surface area (Å²) in [6, 6.07) is 10.7. The fourth-order valence-electron chi connectivity index (χ4n) is 5.76. The third-order valence-electron chi connectivity index (χ3n) is 8.00. The number of aromatic amines is 2. The standard InChI is InChI=1S/C33H34FN9O/c1-43(2)11-10-36-23-13-20(12-22(34)15-23)30-32-27(8-9-37-30)39-33(40-32)31-26-16-28(38-19-29(26)41-42-31)21-14-25(18-35-17-21)44-24-6-4-3-5-7-24/h8-9,12-19,24,36H,3-7,10-11H2,1-2H3,(H,39,40)(H,41,42). The second-order valence-electron chi connectivity index (χ2n) is 11.6. The number of anilines is 1. The normalized spacial score (nSPS) is 14.1. The summed E-state index contributed by atoms with van der Waals surface area (Å²) in [5, 5.41) is 11.8. The first-order valence-electron chi connectivity index (χ1n) is 15.0. The van der Waals surface area contributed by atoms with Crippen molar-refractivity contribution >= 4 is 27.6 Å². The molecule has 3 N–H and O–H groups in total. The quantitative estimate of drug-likeness (QED) is 0.175. The molecule has 0 unspecified atom stereocenters. The minimum Gasteiger partial charge on any atom is -0.489 e. The van der Waals surface area contributed by atoms with Crippen LogP contribution in [-0.2, 0) is 0 Å². The number of likely N-dealkylation sites (N-methyl/N-ethyl adjacent to an activating group) is 1. The molecule has 6 aromatic rings. The van der Waals surface area contributed by atoms with Gasteiger partial charge in [-0.15, -0.1) is 0 Å². The molecule has 0 saturated heterocycles.